The molecule has 0 spiro atoms. The van der Waals surface area contributed by atoms with Crippen LogP contribution in [0.3, 0.4) is 0 Å². The second-order valence-corrected chi connectivity index (χ2v) is 7.94. The van der Waals surface area contributed by atoms with E-state index in [9.17, 15) is 0 Å². The zero-order valence-corrected chi connectivity index (χ0v) is 16.9. The Hall–Kier alpha value is -1.88. The summed E-state index contributed by atoms with van der Waals surface area (Å²) in [5.41, 5.74) is 4.37. The highest BCUT2D eigenvalue weighted by Gasteiger charge is 2.19. The molecule has 2 aromatic rings. The van der Waals surface area contributed by atoms with E-state index in [0.717, 1.165) is 65.4 Å². The van der Waals surface area contributed by atoms with Gasteiger partial charge in [-0.1, -0.05) is 48.5 Å². The fraction of sp³-hybridized carbons (Fsp3) is 0.500. The van der Waals surface area contributed by atoms with E-state index in [1.54, 1.807) is 0 Å². The molecule has 2 aliphatic heterocycles. The Kier molecular flexibility index (Phi) is 6.98. The van der Waals surface area contributed by atoms with Gasteiger partial charge in [0.2, 0.25) is 0 Å². The number of rotatable bonds is 7. The van der Waals surface area contributed by atoms with Crippen LogP contribution in [0.15, 0.2) is 54.6 Å². The highest BCUT2D eigenvalue weighted by atomic mass is 16.5. The summed E-state index contributed by atoms with van der Waals surface area (Å²) in [4.78, 5) is 7.70. The van der Waals surface area contributed by atoms with Crippen LogP contribution in [0.4, 0.5) is 5.69 Å². The number of ether oxygens (including phenoxy) is 1. The van der Waals surface area contributed by atoms with Gasteiger partial charge in [0, 0.05) is 51.5 Å². The largest absolute Gasteiger partial charge is 0.379 e. The number of hydrogen-bond donors (Lipinski definition) is 0. The third kappa shape index (κ3) is 5.34. The molecule has 4 rings (SSSR count). The SMILES string of the molecule is c1ccc(CN2CCN(c3ccccc3CCCN3CCOCC3)CC2)cc1. The first-order valence-corrected chi connectivity index (χ1v) is 10.8. The van der Waals surface area contributed by atoms with Gasteiger partial charge in [0.25, 0.3) is 0 Å². The minimum atomic E-state index is 0.893. The van der Waals surface area contributed by atoms with Gasteiger partial charge < -0.3 is 9.64 Å². The molecule has 0 unspecified atom stereocenters. The van der Waals surface area contributed by atoms with E-state index in [1.807, 2.05) is 0 Å². The zero-order valence-electron chi connectivity index (χ0n) is 16.9. The van der Waals surface area contributed by atoms with Crippen LogP contribution in [-0.2, 0) is 17.7 Å². The summed E-state index contributed by atoms with van der Waals surface area (Å²) in [7, 11) is 0. The number of hydrogen-bond acceptors (Lipinski definition) is 4. The van der Waals surface area contributed by atoms with Crippen LogP contribution in [0, 0.1) is 0 Å². The molecule has 2 aromatic carbocycles. The normalized spacial score (nSPS) is 19.1. The zero-order chi connectivity index (χ0) is 19.0. The molecule has 0 atom stereocenters. The fourth-order valence-corrected chi connectivity index (χ4v) is 4.34. The van der Waals surface area contributed by atoms with Crippen molar-refractivity contribution in [2.24, 2.45) is 0 Å². The Morgan fingerprint density at radius 3 is 2.21 bits per heavy atom. The smallest absolute Gasteiger partial charge is 0.0594 e. The monoisotopic (exact) mass is 379 g/mol. The number of aryl methyl sites for hydroxylation is 1. The lowest BCUT2D eigenvalue weighted by Crippen LogP contribution is -2.46. The molecule has 0 bridgehead atoms. The average molecular weight is 380 g/mol. The van der Waals surface area contributed by atoms with E-state index in [4.69, 9.17) is 4.74 Å². The van der Waals surface area contributed by atoms with Crippen molar-refractivity contribution in [1.29, 1.82) is 0 Å². The van der Waals surface area contributed by atoms with Gasteiger partial charge in [-0.3, -0.25) is 9.80 Å². The van der Waals surface area contributed by atoms with Gasteiger partial charge in [-0.05, 0) is 36.6 Å². The highest BCUT2D eigenvalue weighted by Crippen LogP contribution is 2.24. The first kappa shape index (κ1) is 19.4. The predicted octanol–water partition coefficient (Wildman–Crippen LogP) is 3.27. The predicted molar refractivity (Wildman–Crippen MR) is 116 cm³/mol. The average Bonchev–Trinajstić information content (AvgIpc) is 2.76. The van der Waals surface area contributed by atoms with Crippen molar-refractivity contribution in [3.05, 3.63) is 65.7 Å². The van der Waals surface area contributed by atoms with Gasteiger partial charge in [0.15, 0.2) is 0 Å². The first-order chi connectivity index (χ1) is 13.9. The van der Waals surface area contributed by atoms with Gasteiger partial charge >= 0.3 is 0 Å². The van der Waals surface area contributed by atoms with Crippen LogP contribution in [0.1, 0.15) is 17.5 Å². The fourth-order valence-electron chi connectivity index (χ4n) is 4.34. The summed E-state index contributed by atoms with van der Waals surface area (Å²) in [6.07, 6.45) is 2.39. The van der Waals surface area contributed by atoms with Crippen molar-refractivity contribution >= 4 is 5.69 Å². The van der Waals surface area contributed by atoms with Gasteiger partial charge in [0.05, 0.1) is 13.2 Å². The molecule has 0 saturated carbocycles. The van der Waals surface area contributed by atoms with E-state index in [1.165, 1.54) is 29.8 Å². The number of piperazine rings is 1. The van der Waals surface area contributed by atoms with Gasteiger partial charge in [-0.2, -0.15) is 0 Å². The number of morpholine rings is 1. The van der Waals surface area contributed by atoms with Crippen LogP contribution >= 0.6 is 0 Å². The molecular weight excluding hydrogens is 346 g/mol. The Morgan fingerprint density at radius 2 is 1.43 bits per heavy atom. The third-order valence-electron chi connectivity index (χ3n) is 5.98. The van der Waals surface area contributed by atoms with E-state index >= 15 is 0 Å². The lowest BCUT2D eigenvalue weighted by atomic mass is 10.1. The molecule has 2 saturated heterocycles. The Morgan fingerprint density at radius 1 is 0.714 bits per heavy atom. The van der Waals surface area contributed by atoms with E-state index in [-0.39, 0.29) is 0 Å². The summed E-state index contributed by atoms with van der Waals surface area (Å²) in [5.74, 6) is 0. The summed E-state index contributed by atoms with van der Waals surface area (Å²) in [5, 5.41) is 0. The lowest BCUT2D eigenvalue weighted by molar-refractivity contribution is 0.0375. The Bertz CT molecular complexity index is 707. The van der Waals surface area contributed by atoms with Gasteiger partial charge in [-0.15, -0.1) is 0 Å². The van der Waals surface area contributed by atoms with Crippen molar-refractivity contribution in [2.45, 2.75) is 19.4 Å². The van der Waals surface area contributed by atoms with Crippen molar-refractivity contribution in [1.82, 2.24) is 9.80 Å². The molecule has 0 amide bonds. The Balaban J connectivity index is 1.28. The molecule has 2 fully saturated rings. The first-order valence-electron chi connectivity index (χ1n) is 10.8. The quantitative estimate of drug-likeness (QED) is 0.735. The molecule has 0 aromatic heterocycles. The molecule has 4 nitrogen and oxygen atoms in total. The molecular formula is C24H33N3O. The van der Waals surface area contributed by atoms with Crippen LogP contribution < -0.4 is 4.90 Å². The van der Waals surface area contributed by atoms with Crippen molar-refractivity contribution in [3.8, 4) is 0 Å². The number of para-hydroxylation sites is 1. The van der Waals surface area contributed by atoms with Gasteiger partial charge in [0.1, 0.15) is 0 Å². The summed E-state index contributed by atoms with van der Waals surface area (Å²) in [6, 6.07) is 19.9. The van der Waals surface area contributed by atoms with Crippen molar-refractivity contribution < 1.29 is 4.74 Å². The molecule has 2 heterocycles. The van der Waals surface area contributed by atoms with Crippen LogP contribution in [-0.4, -0.2) is 68.8 Å². The van der Waals surface area contributed by atoms with Gasteiger partial charge in [-0.25, -0.2) is 0 Å². The van der Waals surface area contributed by atoms with E-state index in [0.29, 0.717) is 0 Å². The molecule has 2 aliphatic rings. The second-order valence-electron chi connectivity index (χ2n) is 7.94. The molecule has 150 valence electrons. The molecule has 4 heteroatoms. The minimum absolute atomic E-state index is 0.893. The molecule has 0 aliphatic carbocycles. The Labute approximate surface area is 169 Å². The summed E-state index contributed by atoms with van der Waals surface area (Å²) < 4.78 is 5.46. The van der Waals surface area contributed by atoms with Crippen LogP contribution in [0.2, 0.25) is 0 Å². The number of nitrogens with zero attached hydrogens (tertiary/aromatic N) is 3. The van der Waals surface area contributed by atoms with Crippen LogP contribution in [0.25, 0.3) is 0 Å². The molecule has 0 N–H and O–H groups in total. The maximum absolute atomic E-state index is 5.46. The number of anilines is 1. The molecule has 28 heavy (non-hydrogen) atoms. The highest BCUT2D eigenvalue weighted by molar-refractivity contribution is 5.54. The maximum atomic E-state index is 5.46. The topological polar surface area (TPSA) is 19.0 Å². The minimum Gasteiger partial charge on any atom is -0.379 e. The van der Waals surface area contributed by atoms with Crippen molar-refractivity contribution in [3.63, 3.8) is 0 Å². The summed E-state index contributed by atoms with van der Waals surface area (Å²) in [6.45, 7) is 10.7. The summed E-state index contributed by atoms with van der Waals surface area (Å²) >= 11 is 0. The van der Waals surface area contributed by atoms with E-state index in [2.05, 4.69) is 69.3 Å². The van der Waals surface area contributed by atoms with Crippen LogP contribution in [0.5, 0.6) is 0 Å². The van der Waals surface area contributed by atoms with Crippen molar-refractivity contribution in [2.75, 3.05) is 63.9 Å². The second kappa shape index (κ2) is 10.1. The third-order valence-corrected chi connectivity index (χ3v) is 5.98. The molecule has 0 radical (unpaired) electrons. The van der Waals surface area contributed by atoms with E-state index < -0.39 is 0 Å². The standard InChI is InChI=1S/C24H33N3O/c1-2-7-22(8-3-1)21-26-13-15-27(16-14-26)24-11-5-4-9-23(24)10-6-12-25-17-19-28-20-18-25/h1-5,7-9,11H,6,10,12-21H2. The maximum Gasteiger partial charge on any atom is 0.0594 e. The number of benzene rings is 2. The lowest BCUT2D eigenvalue weighted by Gasteiger charge is -2.37.